The molecule has 0 aliphatic carbocycles. The minimum Gasteiger partial charge on any atom is -0.457 e. The molecule has 2 heterocycles. The number of benzene rings is 2. The quantitative estimate of drug-likeness (QED) is 0.247. The van der Waals surface area contributed by atoms with Crippen molar-refractivity contribution in [1.29, 1.82) is 0 Å². The largest absolute Gasteiger partial charge is 0.457 e. The highest BCUT2D eigenvalue weighted by molar-refractivity contribution is 6.33. The number of furan rings is 1. The summed E-state index contributed by atoms with van der Waals surface area (Å²) >= 11 is 6.09. The summed E-state index contributed by atoms with van der Waals surface area (Å²) in [6.45, 7) is 0. The summed E-state index contributed by atoms with van der Waals surface area (Å²) in [5.74, 6) is -1.53. The van der Waals surface area contributed by atoms with Crippen LogP contribution >= 0.6 is 11.6 Å². The Labute approximate surface area is 188 Å². The molecule has 1 fully saturated rings. The lowest BCUT2D eigenvalue weighted by Crippen LogP contribution is -2.35. The molecule has 3 aromatic rings. The van der Waals surface area contributed by atoms with Crippen LogP contribution in [0, 0.1) is 10.1 Å². The molecule has 4 rings (SSSR count). The maximum atomic E-state index is 13.0. The SMILES string of the molecule is O=C1NN(c2cccc(C(F)(F)F)c2)C(=O)/C1=C/c1ccc(-c2cc([N+](=O)[O-])ccc2Cl)o1. The average molecular weight is 478 g/mol. The molecule has 1 aromatic heterocycles. The third-order valence-corrected chi connectivity index (χ3v) is 4.99. The topological polar surface area (TPSA) is 106 Å². The van der Waals surface area contributed by atoms with Gasteiger partial charge in [-0.15, -0.1) is 0 Å². The van der Waals surface area contributed by atoms with E-state index in [2.05, 4.69) is 5.43 Å². The van der Waals surface area contributed by atoms with Crippen LogP contribution in [-0.2, 0) is 15.8 Å². The van der Waals surface area contributed by atoms with Crippen molar-refractivity contribution in [3.05, 3.63) is 86.6 Å². The van der Waals surface area contributed by atoms with E-state index in [1.165, 1.54) is 36.4 Å². The van der Waals surface area contributed by atoms with Crippen LogP contribution in [0.3, 0.4) is 0 Å². The van der Waals surface area contributed by atoms with Crippen LogP contribution < -0.4 is 10.4 Å². The van der Waals surface area contributed by atoms with Gasteiger partial charge in [0.1, 0.15) is 17.1 Å². The lowest BCUT2D eigenvalue weighted by atomic mass is 10.1. The van der Waals surface area contributed by atoms with Crippen molar-refractivity contribution in [2.24, 2.45) is 0 Å². The van der Waals surface area contributed by atoms with Gasteiger partial charge in [0.2, 0.25) is 0 Å². The summed E-state index contributed by atoms with van der Waals surface area (Å²) < 4.78 is 44.5. The molecule has 0 radical (unpaired) electrons. The Hall–Kier alpha value is -4.12. The van der Waals surface area contributed by atoms with Crippen LogP contribution in [0.25, 0.3) is 17.4 Å². The summed E-state index contributed by atoms with van der Waals surface area (Å²) in [5.41, 5.74) is 0.688. The fourth-order valence-electron chi connectivity index (χ4n) is 3.09. The van der Waals surface area contributed by atoms with Crippen LogP contribution in [0.2, 0.25) is 5.02 Å². The van der Waals surface area contributed by atoms with Crippen LogP contribution in [0.4, 0.5) is 24.5 Å². The number of nitrogens with zero attached hydrogens (tertiary/aromatic N) is 2. The van der Waals surface area contributed by atoms with Crippen molar-refractivity contribution < 1.29 is 32.1 Å². The molecule has 0 bridgehead atoms. The molecular weight excluding hydrogens is 467 g/mol. The smallest absolute Gasteiger partial charge is 0.416 e. The van der Waals surface area contributed by atoms with Crippen LogP contribution in [0.15, 0.2) is 64.6 Å². The molecule has 0 unspecified atom stereocenters. The van der Waals surface area contributed by atoms with Crippen molar-refractivity contribution in [2.45, 2.75) is 6.18 Å². The molecule has 12 heteroatoms. The number of hydrogen-bond acceptors (Lipinski definition) is 5. The maximum Gasteiger partial charge on any atom is 0.416 e. The zero-order chi connectivity index (χ0) is 23.9. The Morgan fingerprint density at radius 2 is 1.85 bits per heavy atom. The molecule has 1 aliphatic heterocycles. The fourth-order valence-corrected chi connectivity index (χ4v) is 3.30. The summed E-state index contributed by atoms with van der Waals surface area (Å²) in [7, 11) is 0. The number of nitrogens with one attached hydrogen (secondary N) is 1. The number of hydrogen-bond donors (Lipinski definition) is 1. The van der Waals surface area contributed by atoms with Gasteiger partial charge in [0.15, 0.2) is 0 Å². The molecule has 0 saturated carbocycles. The first-order valence-electron chi connectivity index (χ1n) is 9.13. The Morgan fingerprint density at radius 1 is 1.09 bits per heavy atom. The van der Waals surface area contributed by atoms with E-state index in [0.717, 1.165) is 24.3 Å². The Bertz CT molecular complexity index is 1330. The van der Waals surface area contributed by atoms with E-state index in [-0.39, 0.29) is 39.1 Å². The molecule has 168 valence electrons. The first-order chi connectivity index (χ1) is 15.5. The van der Waals surface area contributed by atoms with Gasteiger partial charge in [-0.1, -0.05) is 17.7 Å². The van der Waals surface area contributed by atoms with E-state index in [4.69, 9.17) is 16.0 Å². The molecule has 0 atom stereocenters. The molecule has 1 N–H and O–H groups in total. The molecule has 2 aromatic carbocycles. The molecule has 1 aliphatic rings. The normalized spacial score (nSPS) is 15.3. The third kappa shape index (κ3) is 4.30. The van der Waals surface area contributed by atoms with Gasteiger partial charge in [-0.2, -0.15) is 13.2 Å². The monoisotopic (exact) mass is 477 g/mol. The fraction of sp³-hybridized carbons (Fsp3) is 0.0476. The standard InChI is InChI=1S/C21H11ClF3N3O5/c22-17-6-4-13(28(31)32)9-15(17)18-7-5-14(33-18)10-16-19(29)26-27(20(16)30)12-3-1-2-11(8-12)21(23,24)25/h1-10H,(H,26,29)/b16-10+. The Balaban J connectivity index is 1.63. The number of halogens is 4. The second kappa shape index (κ2) is 8.10. The first-order valence-corrected chi connectivity index (χ1v) is 9.51. The molecule has 2 amide bonds. The number of non-ortho nitro benzene ring substituents is 1. The molecular formula is C21H11ClF3N3O5. The first kappa shape index (κ1) is 22.1. The zero-order valence-electron chi connectivity index (χ0n) is 16.2. The number of alkyl halides is 3. The van der Waals surface area contributed by atoms with Gasteiger partial charge in [-0.3, -0.25) is 25.1 Å². The number of nitro groups is 1. The summed E-state index contributed by atoms with van der Waals surface area (Å²) in [6, 6.07) is 10.5. The number of amides is 2. The van der Waals surface area contributed by atoms with Crippen molar-refractivity contribution in [1.82, 2.24) is 5.43 Å². The Kier molecular flexibility index (Phi) is 5.42. The minimum atomic E-state index is -4.63. The van der Waals surface area contributed by atoms with Crippen molar-refractivity contribution in [2.75, 3.05) is 5.01 Å². The highest BCUT2D eigenvalue weighted by atomic mass is 35.5. The summed E-state index contributed by atoms with van der Waals surface area (Å²) in [4.78, 5) is 35.4. The van der Waals surface area contributed by atoms with Crippen LogP contribution in [0.5, 0.6) is 0 Å². The van der Waals surface area contributed by atoms with Gasteiger partial charge in [-0.25, -0.2) is 5.01 Å². The van der Waals surface area contributed by atoms with Crippen molar-refractivity contribution >= 4 is 40.9 Å². The van der Waals surface area contributed by atoms with E-state index in [1.54, 1.807) is 0 Å². The third-order valence-electron chi connectivity index (χ3n) is 4.66. The second-order valence-electron chi connectivity index (χ2n) is 6.81. The average Bonchev–Trinajstić information content (AvgIpc) is 3.33. The van der Waals surface area contributed by atoms with E-state index < -0.39 is 28.5 Å². The lowest BCUT2D eigenvalue weighted by molar-refractivity contribution is -0.384. The number of carbonyl (C=O) groups excluding carboxylic acids is 2. The highest BCUT2D eigenvalue weighted by Crippen LogP contribution is 2.34. The number of nitro benzene ring substituents is 1. The Morgan fingerprint density at radius 3 is 2.55 bits per heavy atom. The van der Waals surface area contributed by atoms with Gasteiger partial charge >= 0.3 is 6.18 Å². The molecule has 8 nitrogen and oxygen atoms in total. The summed E-state index contributed by atoms with van der Waals surface area (Å²) in [5, 5.41) is 11.9. The number of carbonyl (C=O) groups is 2. The second-order valence-corrected chi connectivity index (χ2v) is 7.22. The predicted octanol–water partition coefficient (Wildman–Crippen LogP) is 4.99. The summed E-state index contributed by atoms with van der Waals surface area (Å²) in [6.07, 6.45) is -3.51. The maximum absolute atomic E-state index is 13.0. The van der Waals surface area contributed by atoms with E-state index in [0.29, 0.717) is 5.01 Å². The lowest BCUT2D eigenvalue weighted by Gasteiger charge is -2.16. The van der Waals surface area contributed by atoms with E-state index in [1.807, 2.05) is 0 Å². The molecule has 1 saturated heterocycles. The number of hydrazine groups is 1. The van der Waals surface area contributed by atoms with Gasteiger partial charge in [0.05, 0.1) is 21.2 Å². The van der Waals surface area contributed by atoms with Gasteiger partial charge < -0.3 is 4.42 Å². The van der Waals surface area contributed by atoms with Gasteiger partial charge in [0.25, 0.3) is 17.5 Å². The zero-order valence-corrected chi connectivity index (χ0v) is 17.0. The van der Waals surface area contributed by atoms with Crippen LogP contribution in [0.1, 0.15) is 11.3 Å². The predicted molar refractivity (Wildman–Crippen MR) is 111 cm³/mol. The molecule has 33 heavy (non-hydrogen) atoms. The number of rotatable bonds is 4. The molecule has 0 spiro atoms. The van der Waals surface area contributed by atoms with Crippen LogP contribution in [-0.4, -0.2) is 16.7 Å². The van der Waals surface area contributed by atoms with Gasteiger partial charge in [-0.05, 0) is 42.5 Å². The van der Waals surface area contributed by atoms with Crippen molar-refractivity contribution in [3.8, 4) is 11.3 Å². The van der Waals surface area contributed by atoms with E-state index >= 15 is 0 Å². The minimum absolute atomic E-state index is 0.0527. The van der Waals surface area contributed by atoms with Gasteiger partial charge in [0, 0.05) is 17.7 Å². The number of anilines is 1. The van der Waals surface area contributed by atoms with Crippen molar-refractivity contribution in [3.63, 3.8) is 0 Å². The van der Waals surface area contributed by atoms with E-state index in [9.17, 15) is 32.9 Å². The highest BCUT2D eigenvalue weighted by Gasteiger charge is 2.37.